The van der Waals surface area contributed by atoms with Crippen molar-refractivity contribution in [1.82, 2.24) is 4.90 Å². The first-order chi connectivity index (χ1) is 10.6. The number of fused-ring (bicyclic) bond motifs is 1. The van der Waals surface area contributed by atoms with E-state index in [0.29, 0.717) is 34.9 Å². The number of allylic oxidation sites excluding steroid dienone is 4. The molecule has 3 rings (SSSR count). The number of halogens is 1. The number of nitrogens with zero attached hydrogens (tertiary/aromatic N) is 1. The predicted molar refractivity (Wildman–Crippen MR) is 84.0 cm³/mol. The number of ketones is 2. The van der Waals surface area contributed by atoms with E-state index in [1.807, 2.05) is 17.3 Å². The van der Waals surface area contributed by atoms with E-state index in [2.05, 4.69) is 0 Å². The van der Waals surface area contributed by atoms with Crippen LogP contribution in [0, 0.1) is 0 Å². The van der Waals surface area contributed by atoms with E-state index in [-0.39, 0.29) is 17.1 Å². The van der Waals surface area contributed by atoms with Crippen LogP contribution in [0.5, 0.6) is 0 Å². The molecule has 0 fully saturated rings. The van der Waals surface area contributed by atoms with Crippen LogP contribution in [-0.4, -0.2) is 36.7 Å². The summed E-state index contributed by atoms with van der Waals surface area (Å²) in [6.07, 6.45) is 7.21. The third-order valence-corrected chi connectivity index (χ3v) is 3.89. The van der Waals surface area contributed by atoms with Crippen LogP contribution >= 0.6 is 11.6 Å². The molecule has 0 saturated heterocycles. The number of hydrogen-bond acceptors (Lipinski definition) is 4. The molecular weight excluding hydrogens is 302 g/mol. The molecule has 0 unspecified atom stereocenters. The summed E-state index contributed by atoms with van der Waals surface area (Å²) in [5, 5.41) is 0.451. The first-order valence-electron chi connectivity index (χ1n) is 6.86. The molecule has 2 aliphatic rings. The average Bonchev–Trinajstić information content (AvgIpc) is 2.77. The monoisotopic (exact) mass is 315 g/mol. The maximum absolute atomic E-state index is 12.5. The van der Waals surface area contributed by atoms with Gasteiger partial charge in [0.05, 0.1) is 12.2 Å². The summed E-state index contributed by atoms with van der Waals surface area (Å²) in [5.41, 5.74) is 1.62. The number of ether oxygens (including phenoxy) is 1. The highest BCUT2D eigenvalue weighted by Crippen LogP contribution is 2.31. The van der Waals surface area contributed by atoms with Crippen LogP contribution < -0.4 is 0 Å². The fraction of sp³-hybridized carbons (Fsp3) is 0.176. The number of rotatable bonds is 3. The van der Waals surface area contributed by atoms with Gasteiger partial charge in [0.2, 0.25) is 0 Å². The summed E-state index contributed by atoms with van der Waals surface area (Å²) >= 11 is 5.91. The Bertz CT molecular complexity index is 730. The van der Waals surface area contributed by atoms with Crippen LogP contribution in [0.4, 0.5) is 0 Å². The van der Waals surface area contributed by atoms with E-state index in [1.165, 1.54) is 0 Å². The average molecular weight is 316 g/mol. The van der Waals surface area contributed by atoms with Crippen molar-refractivity contribution in [2.75, 3.05) is 20.3 Å². The van der Waals surface area contributed by atoms with Gasteiger partial charge in [-0.3, -0.25) is 9.59 Å². The molecule has 1 aliphatic heterocycles. The Labute approximate surface area is 133 Å². The second kappa shape index (κ2) is 5.91. The maximum Gasteiger partial charge on any atom is 0.198 e. The normalized spacial score (nSPS) is 16.7. The number of carbonyl (C=O) groups is 2. The Kier molecular flexibility index (Phi) is 3.96. The topological polar surface area (TPSA) is 46.6 Å². The highest BCUT2D eigenvalue weighted by atomic mass is 35.5. The molecule has 112 valence electrons. The van der Waals surface area contributed by atoms with Crippen molar-refractivity contribution in [3.05, 3.63) is 70.0 Å². The van der Waals surface area contributed by atoms with Crippen LogP contribution in [0.25, 0.3) is 0 Å². The predicted octanol–water partition coefficient (Wildman–Crippen LogP) is 3.01. The molecule has 0 saturated carbocycles. The lowest BCUT2D eigenvalue weighted by Crippen LogP contribution is -2.18. The molecule has 1 aromatic carbocycles. The number of hydrogen-bond donors (Lipinski definition) is 0. The summed E-state index contributed by atoms with van der Waals surface area (Å²) in [5.74, 6) is -0.511. The molecule has 0 amide bonds. The Morgan fingerprint density at radius 2 is 1.77 bits per heavy atom. The summed E-state index contributed by atoms with van der Waals surface area (Å²) < 4.78 is 5.02. The third-order valence-electron chi connectivity index (χ3n) is 3.66. The third kappa shape index (κ3) is 2.51. The van der Waals surface area contributed by atoms with E-state index in [9.17, 15) is 9.59 Å². The minimum atomic E-state index is -0.267. The zero-order valence-electron chi connectivity index (χ0n) is 12.0. The molecule has 0 spiro atoms. The molecule has 1 aromatic rings. The Morgan fingerprint density at radius 1 is 1.09 bits per heavy atom. The molecule has 5 heteroatoms. The van der Waals surface area contributed by atoms with Crippen LogP contribution in [0.2, 0.25) is 5.02 Å². The van der Waals surface area contributed by atoms with Crippen molar-refractivity contribution in [3.63, 3.8) is 0 Å². The van der Waals surface area contributed by atoms with Crippen LogP contribution in [0.15, 0.2) is 53.9 Å². The Balaban J connectivity index is 1.93. The Hall–Kier alpha value is -2.17. The van der Waals surface area contributed by atoms with Gasteiger partial charge in [-0.2, -0.15) is 0 Å². The van der Waals surface area contributed by atoms with Gasteiger partial charge in [-0.25, -0.2) is 0 Å². The van der Waals surface area contributed by atoms with Gasteiger partial charge in [0.25, 0.3) is 0 Å². The number of carbonyl (C=O) groups excluding carboxylic acids is 2. The SMILES string of the molecule is COCCN1C=CC(=C2C(=O)c3ccc(Cl)cc3C2=O)C=C1. The maximum atomic E-state index is 12.5. The number of benzene rings is 1. The molecule has 0 N–H and O–H groups in total. The second-order valence-corrected chi connectivity index (χ2v) is 5.48. The fourth-order valence-corrected chi connectivity index (χ4v) is 2.68. The number of Topliss-reactive ketones (excluding diaryl/α,β-unsaturated/α-hetero) is 2. The molecule has 0 bridgehead atoms. The van der Waals surface area contributed by atoms with Crippen molar-refractivity contribution in [3.8, 4) is 0 Å². The van der Waals surface area contributed by atoms with Gasteiger partial charge in [0.1, 0.15) is 0 Å². The van der Waals surface area contributed by atoms with Gasteiger partial charge in [0, 0.05) is 42.2 Å². The molecule has 0 atom stereocenters. The highest BCUT2D eigenvalue weighted by Gasteiger charge is 2.34. The van der Waals surface area contributed by atoms with Crippen LogP contribution in [0.3, 0.4) is 0 Å². The van der Waals surface area contributed by atoms with Crippen molar-refractivity contribution in [1.29, 1.82) is 0 Å². The molecule has 22 heavy (non-hydrogen) atoms. The van der Waals surface area contributed by atoms with E-state index in [0.717, 1.165) is 0 Å². The molecule has 0 aromatic heterocycles. The fourth-order valence-electron chi connectivity index (χ4n) is 2.51. The van der Waals surface area contributed by atoms with Crippen LogP contribution in [0.1, 0.15) is 20.7 Å². The molecular formula is C17H14ClNO3. The van der Waals surface area contributed by atoms with Gasteiger partial charge in [-0.1, -0.05) is 11.6 Å². The van der Waals surface area contributed by atoms with E-state index in [4.69, 9.17) is 16.3 Å². The molecule has 1 aliphatic carbocycles. The largest absolute Gasteiger partial charge is 0.383 e. The summed E-state index contributed by atoms with van der Waals surface area (Å²) in [6.45, 7) is 1.31. The van der Waals surface area contributed by atoms with Gasteiger partial charge in [0.15, 0.2) is 11.6 Å². The van der Waals surface area contributed by atoms with E-state index < -0.39 is 0 Å². The van der Waals surface area contributed by atoms with Crippen LogP contribution in [-0.2, 0) is 4.74 Å². The zero-order chi connectivity index (χ0) is 15.7. The second-order valence-electron chi connectivity index (χ2n) is 5.04. The molecule has 0 radical (unpaired) electrons. The molecule has 4 nitrogen and oxygen atoms in total. The lowest BCUT2D eigenvalue weighted by Gasteiger charge is -2.18. The lowest BCUT2D eigenvalue weighted by atomic mass is 10.0. The lowest BCUT2D eigenvalue weighted by molar-refractivity contribution is 0.0988. The van der Waals surface area contributed by atoms with Gasteiger partial charge in [-0.05, 0) is 35.9 Å². The van der Waals surface area contributed by atoms with Crippen molar-refractivity contribution in [2.45, 2.75) is 0 Å². The first-order valence-corrected chi connectivity index (χ1v) is 7.24. The standard InChI is InChI=1S/C17H14ClNO3/c1-22-9-8-19-6-4-11(5-7-19)15-16(20)13-3-2-12(18)10-14(13)17(15)21/h2-7,10H,8-9H2,1H3. The van der Waals surface area contributed by atoms with Crippen molar-refractivity contribution in [2.24, 2.45) is 0 Å². The van der Waals surface area contributed by atoms with Gasteiger partial charge in [-0.15, -0.1) is 0 Å². The summed E-state index contributed by atoms with van der Waals surface area (Å²) in [6, 6.07) is 4.77. The first kappa shape index (κ1) is 14.8. The summed E-state index contributed by atoms with van der Waals surface area (Å²) in [7, 11) is 1.64. The minimum Gasteiger partial charge on any atom is -0.383 e. The summed E-state index contributed by atoms with van der Waals surface area (Å²) in [4.78, 5) is 26.9. The van der Waals surface area contributed by atoms with Crippen molar-refractivity contribution >= 4 is 23.2 Å². The van der Waals surface area contributed by atoms with Crippen molar-refractivity contribution < 1.29 is 14.3 Å². The van der Waals surface area contributed by atoms with Gasteiger partial charge < -0.3 is 9.64 Å². The quantitative estimate of drug-likeness (QED) is 0.635. The number of methoxy groups -OCH3 is 1. The van der Waals surface area contributed by atoms with E-state index >= 15 is 0 Å². The highest BCUT2D eigenvalue weighted by molar-refractivity contribution is 6.41. The molecule has 1 heterocycles. The zero-order valence-corrected chi connectivity index (χ0v) is 12.8. The minimum absolute atomic E-state index is 0.205. The van der Waals surface area contributed by atoms with Gasteiger partial charge >= 0.3 is 0 Å². The smallest absolute Gasteiger partial charge is 0.198 e. The Morgan fingerprint density at radius 3 is 2.45 bits per heavy atom. The van der Waals surface area contributed by atoms with E-state index in [1.54, 1.807) is 37.5 Å².